The maximum Gasteiger partial charge on any atom is 0.273 e. The predicted molar refractivity (Wildman–Crippen MR) is 108 cm³/mol. The van der Waals surface area contributed by atoms with Crippen LogP contribution in [0.4, 0.5) is 16.5 Å². The molecule has 1 N–H and O–H groups in total. The molecule has 0 radical (unpaired) electrons. The number of fused-ring (bicyclic) bond motifs is 1. The number of nitrogens with one attached hydrogen (secondary N) is 1. The van der Waals surface area contributed by atoms with Gasteiger partial charge in [0, 0.05) is 36.0 Å². The van der Waals surface area contributed by atoms with E-state index < -0.39 is 4.92 Å². The molecule has 0 aliphatic carbocycles. The van der Waals surface area contributed by atoms with E-state index in [-0.39, 0.29) is 17.2 Å². The minimum absolute atomic E-state index is 0.0688. The molecular weight excluding hydrogens is 380 g/mol. The third kappa shape index (κ3) is 3.54. The van der Waals surface area contributed by atoms with Gasteiger partial charge in [-0.05, 0) is 31.2 Å². The Balaban J connectivity index is 1.57. The third-order valence-corrected chi connectivity index (χ3v) is 5.74. The van der Waals surface area contributed by atoms with Gasteiger partial charge in [0.05, 0.1) is 28.4 Å². The maximum absolute atomic E-state index is 12.6. The lowest BCUT2D eigenvalue weighted by Crippen LogP contribution is -2.36. The van der Waals surface area contributed by atoms with Crippen molar-refractivity contribution in [3.05, 3.63) is 57.6 Å². The quantitative estimate of drug-likeness (QED) is 0.533. The molecule has 9 heteroatoms. The maximum atomic E-state index is 12.6. The van der Waals surface area contributed by atoms with E-state index in [2.05, 4.69) is 15.2 Å². The number of rotatable bonds is 4. The Labute approximate surface area is 164 Å². The first-order valence-corrected chi connectivity index (χ1v) is 9.63. The minimum Gasteiger partial charge on any atom is -0.378 e. The number of morpholine rings is 1. The van der Waals surface area contributed by atoms with Gasteiger partial charge in [-0.2, -0.15) is 0 Å². The summed E-state index contributed by atoms with van der Waals surface area (Å²) in [5, 5.41) is 14.9. The van der Waals surface area contributed by atoms with Crippen LogP contribution in [-0.4, -0.2) is 42.1 Å². The molecule has 3 aromatic rings. The summed E-state index contributed by atoms with van der Waals surface area (Å²) < 4.78 is 6.35. The van der Waals surface area contributed by atoms with E-state index >= 15 is 0 Å². The highest BCUT2D eigenvalue weighted by Crippen LogP contribution is 2.31. The highest BCUT2D eigenvalue weighted by Gasteiger charge is 2.19. The fourth-order valence-corrected chi connectivity index (χ4v) is 4.20. The number of hydrogen-bond acceptors (Lipinski definition) is 7. The number of amides is 1. The number of nitro benzene ring substituents is 1. The fraction of sp³-hybridized carbons (Fsp3) is 0.263. The highest BCUT2D eigenvalue weighted by atomic mass is 32.1. The normalized spacial score (nSPS) is 14.2. The number of benzene rings is 2. The van der Waals surface area contributed by atoms with E-state index in [0.717, 1.165) is 28.4 Å². The summed E-state index contributed by atoms with van der Waals surface area (Å²) in [6.45, 7) is 4.60. The Kier molecular flexibility index (Phi) is 4.93. The van der Waals surface area contributed by atoms with Crippen LogP contribution in [0.5, 0.6) is 0 Å². The van der Waals surface area contributed by atoms with Crippen LogP contribution in [-0.2, 0) is 4.74 Å². The standard InChI is InChI=1S/C19H18N4O4S/c1-12-14(3-2-4-16(12)23(25)26)18(24)20-13-5-6-15-17(11-13)28-19(21-15)22-7-9-27-10-8-22/h2-6,11H,7-10H2,1H3,(H,20,24). The Hall–Kier alpha value is -3.04. The van der Waals surface area contributed by atoms with Crippen LogP contribution in [0.25, 0.3) is 10.2 Å². The average Bonchev–Trinajstić information content (AvgIpc) is 3.12. The number of ether oxygens (including phenoxy) is 1. The van der Waals surface area contributed by atoms with Crippen LogP contribution in [0.3, 0.4) is 0 Å². The Bertz CT molecular complexity index is 1060. The minimum atomic E-state index is -0.483. The second-order valence-corrected chi connectivity index (χ2v) is 7.45. The van der Waals surface area contributed by atoms with Crippen molar-refractivity contribution < 1.29 is 14.5 Å². The van der Waals surface area contributed by atoms with Crippen molar-refractivity contribution in [3.8, 4) is 0 Å². The summed E-state index contributed by atoms with van der Waals surface area (Å²) in [5.74, 6) is -0.376. The summed E-state index contributed by atoms with van der Waals surface area (Å²) in [4.78, 5) is 30.1. The zero-order valence-electron chi connectivity index (χ0n) is 15.2. The van der Waals surface area contributed by atoms with Gasteiger partial charge in [-0.15, -0.1) is 0 Å². The first-order chi connectivity index (χ1) is 13.5. The second-order valence-electron chi connectivity index (χ2n) is 6.44. The molecule has 8 nitrogen and oxygen atoms in total. The van der Waals surface area contributed by atoms with Crippen molar-refractivity contribution in [2.45, 2.75) is 6.92 Å². The zero-order valence-corrected chi connectivity index (χ0v) is 16.0. The monoisotopic (exact) mass is 398 g/mol. The molecular formula is C19H18N4O4S. The van der Waals surface area contributed by atoms with Crippen molar-refractivity contribution in [1.29, 1.82) is 0 Å². The molecule has 1 aliphatic rings. The molecule has 0 atom stereocenters. The molecule has 144 valence electrons. The molecule has 1 saturated heterocycles. The van der Waals surface area contributed by atoms with E-state index in [1.165, 1.54) is 12.1 Å². The number of nitro groups is 1. The van der Waals surface area contributed by atoms with Crippen molar-refractivity contribution in [1.82, 2.24) is 4.98 Å². The molecule has 2 aromatic carbocycles. The van der Waals surface area contributed by atoms with Gasteiger partial charge in [-0.1, -0.05) is 17.4 Å². The molecule has 0 saturated carbocycles. The van der Waals surface area contributed by atoms with Crippen molar-refractivity contribution in [3.63, 3.8) is 0 Å². The van der Waals surface area contributed by atoms with Crippen LogP contribution in [0.2, 0.25) is 0 Å². The largest absolute Gasteiger partial charge is 0.378 e. The van der Waals surface area contributed by atoms with E-state index in [1.807, 2.05) is 12.1 Å². The molecule has 28 heavy (non-hydrogen) atoms. The number of anilines is 2. The number of nitrogens with zero attached hydrogens (tertiary/aromatic N) is 3. The SMILES string of the molecule is Cc1c(C(=O)Nc2ccc3nc(N4CCOCC4)sc3c2)cccc1[N+](=O)[O-]. The number of carbonyl (C=O) groups excluding carboxylic acids is 1. The van der Waals surface area contributed by atoms with Crippen LogP contribution in [0, 0.1) is 17.0 Å². The fourth-order valence-electron chi connectivity index (χ4n) is 3.15. The third-order valence-electron chi connectivity index (χ3n) is 4.66. The lowest BCUT2D eigenvalue weighted by Gasteiger charge is -2.25. The van der Waals surface area contributed by atoms with Gasteiger partial charge in [0.2, 0.25) is 0 Å². The van der Waals surface area contributed by atoms with Crippen molar-refractivity contribution in [2.75, 3.05) is 36.5 Å². The van der Waals surface area contributed by atoms with Crippen LogP contribution >= 0.6 is 11.3 Å². The van der Waals surface area contributed by atoms with Gasteiger partial charge >= 0.3 is 0 Å². The van der Waals surface area contributed by atoms with Gasteiger partial charge in [-0.3, -0.25) is 14.9 Å². The zero-order chi connectivity index (χ0) is 19.7. The molecule has 4 rings (SSSR count). The Morgan fingerprint density at radius 3 is 2.82 bits per heavy atom. The molecule has 1 fully saturated rings. The molecule has 1 aromatic heterocycles. The number of thiazole rings is 1. The van der Waals surface area contributed by atoms with Gasteiger partial charge in [-0.25, -0.2) is 4.98 Å². The molecule has 0 spiro atoms. The van der Waals surface area contributed by atoms with Crippen molar-refractivity contribution in [2.24, 2.45) is 0 Å². The summed E-state index contributed by atoms with van der Waals surface area (Å²) in [6, 6.07) is 10.0. The Morgan fingerprint density at radius 1 is 1.29 bits per heavy atom. The van der Waals surface area contributed by atoms with Gasteiger partial charge in [0.25, 0.3) is 11.6 Å². The summed E-state index contributed by atoms with van der Waals surface area (Å²) in [5.41, 5.74) is 2.06. The van der Waals surface area contributed by atoms with Crippen LogP contribution in [0.1, 0.15) is 15.9 Å². The molecule has 0 unspecified atom stereocenters. The predicted octanol–water partition coefficient (Wildman–Crippen LogP) is 3.60. The van der Waals surface area contributed by atoms with Gasteiger partial charge in [0.15, 0.2) is 5.13 Å². The first kappa shape index (κ1) is 18.3. The van der Waals surface area contributed by atoms with E-state index in [1.54, 1.807) is 30.4 Å². The topological polar surface area (TPSA) is 97.6 Å². The van der Waals surface area contributed by atoms with E-state index in [0.29, 0.717) is 24.5 Å². The summed E-state index contributed by atoms with van der Waals surface area (Å²) in [6.07, 6.45) is 0. The number of carbonyl (C=O) groups is 1. The van der Waals surface area contributed by atoms with E-state index in [9.17, 15) is 14.9 Å². The van der Waals surface area contributed by atoms with E-state index in [4.69, 9.17) is 4.74 Å². The van der Waals surface area contributed by atoms with Crippen molar-refractivity contribution >= 4 is 44.0 Å². The first-order valence-electron chi connectivity index (χ1n) is 8.81. The molecule has 2 heterocycles. The molecule has 0 bridgehead atoms. The molecule has 1 amide bonds. The summed E-state index contributed by atoms with van der Waals surface area (Å²) >= 11 is 1.57. The Morgan fingerprint density at radius 2 is 2.07 bits per heavy atom. The van der Waals surface area contributed by atoms with Crippen LogP contribution in [0.15, 0.2) is 36.4 Å². The van der Waals surface area contributed by atoms with Gasteiger partial charge in [0.1, 0.15) is 0 Å². The summed E-state index contributed by atoms with van der Waals surface area (Å²) in [7, 11) is 0. The highest BCUT2D eigenvalue weighted by molar-refractivity contribution is 7.22. The average molecular weight is 398 g/mol. The van der Waals surface area contributed by atoms with Gasteiger partial charge < -0.3 is 15.0 Å². The number of hydrogen-bond donors (Lipinski definition) is 1. The smallest absolute Gasteiger partial charge is 0.273 e. The lowest BCUT2D eigenvalue weighted by molar-refractivity contribution is -0.385. The van der Waals surface area contributed by atoms with Crippen LogP contribution < -0.4 is 10.2 Å². The second kappa shape index (κ2) is 7.53. The molecule has 1 aliphatic heterocycles. The number of aromatic nitrogens is 1. The lowest BCUT2D eigenvalue weighted by atomic mass is 10.1.